The first kappa shape index (κ1) is 29.2. The number of nitrogens with one attached hydrogen (secondary N) is 3. The Morgan fingerprint density at radius 2 is 1.95 bits per heavy atom. The minimum absolute atomic E-state index is 0.194. The second-order valence-electron chi connectivity index (χ2n) is 9.93. The van der Waals surface area contributed by atoms with Gasteiger partial charge in [-0.25, -0.2) is 15.0 Å². The van der Waals surface area contributed by atoms with Crippen LogP contribution in [0, 0.1) is 5.92 Å². The minimum Gasteiger partial charge on any atom is -0.493 e. The van der Waals surface area contributed by atoms with E-state index in [1.807, 2.05) is 24.4 Å². The molecule has 0 aliphatic carbocycles. The van der Waals surface area contributed by atoms with E-state index in [0.29, 0.717) is 28.7 Å². The van der Waals surface area contributed by atoms with Gasteiger partial charge in [-0.3, -0.25) is 4.79 Å². The van der Waals surface area contributed by atoms with Crippen molar-refractivity contribution in [2.24, 2.45) is 11.0 Å². The van der Waals surface area contributed by atoms with Gasteiger partial charge in [-0.2, -0.15) is 5.10 Å². The fourth-order valence-corrected chi connectivity index (χ4v) is 4.68. The molecule has 4 rings (SSSR count). The summed E-state index contributed by atoms with van der Waals surface area (Å²) < 4.78 is 18.5. The van der Waals surface area contributed by atoms with E-state index in [1.54, 1.807) is 38.3 Å². The number of hydrazone groups is 1. The highest BCUT2D eigenvalue weighted by Crippen LogP contribution is 2.34. The number of amides is 3. The van der Waals surface area contributed by atoms with Crippen LogP contribution in [0.15, 0.2) is 65.0 Å². The van der Waals surface area contributed by atoms with Crippen molar-refractivity contribution >= 4 is 35.0 Å². The number of nitrogens with zero attached hydrogens (tertiary/aromatic N) is 2. The number of aromatic nitrogens is 1. The standard InChI is InChI=1S/C30H35N5O6/c1-6-40-29(37)27-19(4)32-30(38)33-28(27)20-11-12-24(25(13-20)39-5)41-17-26(36)34-31-14-21-16-35(15-18(2)3)23-10-8-7-9-22(21)23/h7-14,16,18,28H,6,15,17H2,1-5H3,(H,34,36)(H2,32,33,38)/b31-14-/t28-/m0/s1. The molecule has 2 heterocycles. The van der Waals surface area contributed by atoms with E-state index in [1.165, 1.54) is 7.11 Å². The van der Waals surface area contributed by atoms with Crippen LogP contribution in [-0.4, -0.2) is 49.0 Å². The first-order valence-corrected chi connectivity index (χ1v) is 13.4. The average Bonchev–Trinajstić information content (AvgIpc) is 3.28. The third-order valence-electron chi connectivity index (χ3n) is 6.42. The maximum atomic E-state index is 12.6. The molecule has 11 heteroatoms. The lowest BCUT2D eigenvalue weighted by atomic mass is 9.95. The van der Waals surface area contributed by atoms with Crippen LogP contribution in [0.3, 0.4) is 0 Å². The summed E-state index contributed by atoms with van der Waals surface area (Å²) in [5.74, 6) is 0.129. The van der Waals surface area contributed by atoms with E-state index in [0.717, 1.165) is 23.0 Å². The zero-order chi connectivity index (χ0) is 29.5. The number of fused-ring (bicyclic) bond motifs is 1. The summed E-state index contributed by atoms with van der Waals surface area (Å²) in [6.45, 7) is 8.43. The second-order valence-corrected chi connectivity index (χ2v) is 9.93. The van der Waals surface area contributed by atoms with Crippen LogP contribution in [0.25, 0.3) is 10.9 Å². The molecule has 41 heavy (non-hydrogen) atoms. The smallest absolute Gasteiger partial charge is 0.338 e. The van der Waals surface area contributed by atoms with Crippen LogP contribution in [0.4, 0.5) is 4.79 Å². The van der Waals surface area contributed by atoms with E-state index >= 15 is 0 Å². The van der Waals surface area contributed by atoms with Crippen LogP contribution >= 0.6 is 0 Å². The number of esters is 1. The minimum atomic E-state index is -0.755. The van der Waals surface area contributed by atoms with Crippen LogP contribution in [-0.2, 0) is 20.9 Å². The molecule has 1 aliphatic rings. The van der Waals surface area contributed by atoms with Crippen LogP contribution in [0.5, 0.6) is 11.5 Å². The van der Waals surface area contributed by atoms with Gasteiger partial charge < -0.3 is 29.4 Å². The van der Waals surface area contributed by atoms with Gasteiger partial charge in [0.15, 0.2) is 18.1 Å². The summed E-state index contributed by atoms with van der Waals surface area (Å²) in [6, 6.07) is 11.8. The van der Waals surface area contributed by atoms with Crippen molar-refractivity contribution in [3.05, 3.63) is 71.1 Å². The molecule has 1 aliphatic heterocycles. The summed E-state index contributed by atoms with van der Waals surface area (Å²) in [6.07, 6.45) is 3.65. The normalized spacial score (nSPS) is 15.2. The topological polar surface area (TPSA) is 132 Å². The number of urea groups is 1. The molecule has 11 nitrogen and oxygen atoms in total. The van der Waals surface area contributed by atoms with Gasteiger partial charge >= 0.3 is 12.0 Å². The number of carbonyl (C=O) groups excluding carboxylic acids is 3. The molecule has 3 N–H and O–H groups in total. The lowest BCUT2D eigenvalue weighted by Crippen LogP contribution is -2.45. The summed E-state index contributed by atoms with van der Waals surface area (Å²) in [5, 5.41) is 10.5. The second kappa shape index (κ2) is 13.0. The molecule has 0 saturated carbocycles. The van der Waals surface area contributed by atoms with Gasteiger partial charge in [-0.05, 0) is 43.5 Å². The number of ether oxygens (including phenoxy) is 3. The highest BCUT2D eigenvalue weighted by molar-refractivity contribution is 5.99. The summed E-state index contributed by atoms with van der Waals surface area (Å²) in [7, 11) is 1.46. The first-order chi connectivity index (χ1) is 19.7. The van der Waals surface area contributed by atoms with Crippen LogP contribution in [0.1, 0.15) is 44.9 Å². The quantitative estimate of drug-likeness (QED) is 0.184. The number of hydrogen-bond acceptors (Lipinski definition) is 7. The van der Waals surface area contributed by atoms with E-state index in [-0.39, 0.29) is 18.8 Å². The number of hydrogen-bond donors (Lipinski definition) is 3. The maximum Gasteiger partial charge on any atom is 0.338 e. The Morgan fingerprint density at radius 1 is 1.17 bits per heavy atom. The predicted octanol–water partition coefficient (Wildman–Crippen LogP) is 4.03. The Morgan fingerprint density at radius 3 is 2.68 bits per heavy atom. The molecule has 0 radical (unpaired) electrons. The molecular formula is C30H35N5O6. The molecule has 0 bridgehead atoms. The average molecular weight is 562 g/mol. The van der Waals surface area contributed by atoms with Crippen LogP contribution < -0.4 is 25.5 Å². The highest BCUT2D eigenvalue weighted by atomic mass is 16.5. The van der Waals surface area contributed by atoms with Crippen LogP contribution in [0.2, 0.25) is 0 Å². The molecule has 1 atom stereocenters. The lowest BCUT2D eigenvalue weighted by molar-refractivity contribution is -0.139. The van der Waals surface area contributed by atoms with E-state index < -0.39 is 23.9 Å². The number of para-hydroxylation sites is 1. The van der Waals surface area contributed by atoms with Gasteiger partial charge in [0.25, 0.3) is 5.91 Å². The number of methoxy groups -OCH3 is 1. The molecule has 216 valence electrons. The summed E-state index contributed by atoms with van der Waals surface area (Å²) >= 11 is 0. The number of carbonyl (C=O) groups is 3. The molecule has 1 aromatic heterocycles. The highest BCUT2D eigenvalue weighted by Gasteiger charge is 2.32. The van der Waals surface area contributed by atoms with Gasteiger partial charge in [-0.1, -0.05) is 38.1 Å². The molecule has 3 aromatic rings. The van der Waals surface area contributed by atoms with E-state index in [2.05, 4.69) is 45.6 Å². The molecule has 2 aromatic carbocycles. The number of allylic oxidation sites excluding steroid dienone is 1. The SMILES string of the molecule is CCOC(=O)C1=C(C)NC(=O)N[C@H]1c1ccc(OCC(=O)N/N=C\c2cn(CC(C)C)c3ccccc23)c(OC)c1. The third kappa shape index (κ3) is 6.86. The summed E-state index contributed by atoms with van der Waals surface area (Å²) in [5.41, 5.74) is 5.77. The zero-order valence-electron chi connectivity index (χ0n) is 23.8. The fraction of sp³-hybridized carbons (Fsp3) is 0.333. The van der Waals surface area contributed by atoms with Crippen molar-refractivity contribution < 1.29 is 28.6 Å². The predicted molar refractivity (Wildman–Crippen MR) is 155 cm³/mol. The zero-order valence-corrected chi connectivity index (χ0v) is 23.8. The largest absolute Gasteiger partial charge is 0.493 e. The number of rotatable bonds is 11. The Kier molecular flexibility index (Phi) is 9.28. The summed E-state index contributed by atoms with van der Waals surface area (Å²) in [4.78, 5) is 37.2. The van der Waals surface area contributed by atoms with Crippen molar-refractivity contribution in [2.75, 3.05) is 20.3 Å². The fourth-order valence-electron chi connectivity index (χ4n) is 4.68. The molecule has 0 fully saturated rings. The molecule has 0 saturated heterocycles. The van der Waals surface area contributed by atoms with Crippen molar-refractivity contribution in [1.82, 2.24) is 20.6 Å². The van der Waals surface area contributed by atoms with E-state index in [9.17, 15) is 14.4 Å². The molecular weight excluding hydrogens is 526 g/mol. The Balaban J connectivity index is 1.43. The maximum absolute atomic E-state index is 12.6. The molecule has 3 amide bonds. The Bertz CT molecular complexity index is 1510. The Hall–Kier alpha value is -4.80. The number of benzene rings is 2. The van der Waals surface area contributed by atoms with Crippen molar-refractivity contribution in [3.8, 4) is 11.5 Å². The monoisotopic (exact) mass is 561 g/mol. The van der Waals surface area contributed by atoms with Crippen molar-refractivity contribution in [3.63, 3.8) is 0 Å². The third-order valence-corrected chi connectivity index (χ3v) is 6.42. The molecule has 0 spiro atoms. The van der Waals surface area contributed by atoms with Gasteiger partial charge in [0.05, 0.1) is 31.5 Å². The van der Waals surface area contributed by atoms with E-state index in [4.69, 9.17) is 14.2 Å². The van der Waals surface area contributed by atoms with Gasteiger partial charge in [0.1, 0.15) is 0 Å². The van der Waals surface area contributed by atoms with Gasteiger partial charge in [-0.15, -0.1) is 0 Å². The van der Waals surface area contributed by atoms with Crippen molar-refractivity contribution in [1.29, 1.82) is 0 Å². The van der Waals surface area contributed by atoms with Gasteiger partial charge in [0.2, 0.25) is 0 Å². The molecule has 0 unspecified atom stereocenters. The Labute approximate surface area is 238 Å². The van der Waals surface area contributed by atoms with Crippen molar-refractivity contribution in [2.45, 2.75) is 40.3 Å². The van der Waals surface area contributed by atoms with Gasteiger partial charge in [0, 0.05) is 34.9 Å². The lowest BCUT2D eigenvalue weighted by Gasteiger charge is -2.28. The first-order valence-electron chi connectivity index (χ1n) is 13.4.